The average molecular weight is 268 g/mol. The van der Waals surface area contributed by atoms with Crippen molar-refractivity contribution in [3.8, 4) is 0 Å². The largest absolute Gasteiger partial charge is 0.393 e. The number of aliphatic hydroxyl groups excluding tert-OH is 1. The van der Waals surface area contributed by atoms with Crippen molar-refractivity contribution in [3.05, 3.63) is 23.0 Å². The smallest absolute Gasteiger partial charge is 0.274 e. The number of fused-ring (bicyclic) bond motifs is 1. The molecule has 3 rings (SSSR count). The first kappa shape index (κ1) is 11.9. The second-order valence-electron chi connectivity index (χ2n) is 5.02. The maximum atomic E-state index is 12.2. The molecule has 3 atom stereocenters. The fourth-order valence-corrected chi connectivity index (χ4v) is 3.10. The van der Waals surface area contributed by atoms with E-state index in [1.165, 1.54) is 0 Å². The van der Waals surface area contributed by atoms with Crippen LogP contribution in [0.5, 0.6) is 0 Å². The molecule has 1 aromatic heterocycles. The Kier molecular flexibility index (Phi) is 2.95. The van der Waals surface area contributed by atoms with Gasteiger partial charge in [-0.05, 0) is 30.9 Å². The van der Waals surface area contributed by atoms with Gasteiger partial charge in [-0.1, -0.05) is 11.6 Å². The van der Waals surface area contributed by atoms with Gasteiger partial charge in [-0.25, -0.2) is 0 Å². The minimum atomic E-state index is -0.260. The van der Waals surface area contributed by atoms with Gasteiger partial charge in [0.15, 0.2) is 10.8 Å². The second-order valence-corrected chi connectivity index (χ2v) is 5.41. The standard InChI is InChI=1S/C12H14ClN3O2/c13-11-4-2-9(14-15-11)12(18)16-5-7-1-3-10(17)8(7)6-16/h2,4,7-8,10,17H,1,3,5-6H2. The van der Waals surface area contributed by atoms with Crippen molar-refractivity contribution < 1.29 is 9.90 Å². The number of aromatic nitrogens is 2. The van der Waals surface area contributed by atoms with E-state index in [0.29, 0.717) is 24.7 Å². The van der Waals surface area contributed by atoms with Gasteiger partial charge in [0, 0.05) is 19.0 Å². The third-order valence-electron chi connectivity index (χ3n) is 3.96. The molecule has 18 heavy (non-hydrogen) atoms. The lowest BCUT2D eigenvalue weighted by Gasteiger charge is -2.17. The summed E-state index contributed by atoms with van der Waals surface area (Å²) in [6.45, 7) is 1.33. The lowest BCUT2D eigenvalue weighted by Crippen LogP contribution is -2.31. The number of aliphatic hydroxyl groups is 1. The zero-order chi connectivity index (χ0) is 12.7. The highest BCUT2D eigenvalue weighted by Gasteiger charge is 2.43. The summed E-state index contributed by atoms with van der Waals surface area (Å²) in [6.07, 6.45) is 1.60. The molecule has 1 aliphatic carbocycles. The van der Waals surface area contributed by atoms with E-state index in [1.54, 1.807) is 17.0 Å². The van der Waals surface area contributed by atoms with Crippen LogP contribution in [0.1, 0.15) is 23.3 Å². The predicted octanol–water partition coefficient (Wildman–Crippen LogP) is 0.973. The van der Waals surface area contributed by atoms with E-state index in [9.17, 15) is 9.90 Å². The Morgan fingerprint density at radius 2 is 2.17 bits per heavy atom. The second kappa shape index (κ2) is 4.48. The average Bonchev–Trinajstić information content (AvgIpc) is 2.92. The Bertz CT molecular complexity index is 465. The van der Waals surface area contributed by atoms with E-state index >= 15 is 0 Å². The van der Waals surface area contributed by atoms with Crippen LogP contribution in [0.4, 0.5) is 0 Å². The Labute approximate surface area is 110 Å². The number of carbonyl (C=O) groups is 1. The molecule has 1 amide bonds. The quantitative estimate of drug-likeness (QED) is 0.824. The fourth-order valence-electron chi connectivity index (χ4n) is 2.99. The maximum absolute atomic E-state index is 12.2. The molecule has 6 heteroatoms. The van der Waals surface area contributed by atoms with Gasteiger partial charge >= 0.3 is 0 Å². The summed E-state index contributed by atoms with van der Waals surface area (Å²) < 4.78 is 0. The van der Waals surface area contributed by atoms with Crippen LogP contribution in [0, 0.1) is 11.8 Å². The van der Waals surface area contributed by atoms with Crippen LogP contribution in [-0.4, -0.2) is 45.3 Å². The molecule has 2 fully saturated rings. The molecule has 1 aliphatic heterocycles. The van der Waals surface area contributed by atoms with Crippen LogP contribution < -0.4 is 0 Å². The Balaban J connectivity index is 1.73. The van der Waals surface area contributed by atoms with Crippen molar-refractivity contribution in [1.29, 1.82) is 0 Å². The third-order valence-corrected chi connectivity index (χ3v) is 4.16. The first-order valence-electron chi connectivity index (χ1n) is 6.11. The molecular formula is C12H14ClN3O2. The molecule has 2 aliphatic rings. The summed E-state index contributed by atoms with van der Waals surface area (Å²) in [7, 11) is 0. The number of nitrogens with zero attached hydrogens (tertiary/aromatic N) is 3. The van der Waals surface area contributed by atoms with E-state index in [0.717, 1.165) is 12.8 Å². The van der Waals surface area contributed by atoms with E-state index in [4.69, 9.17) is 11.6 Å². The van der Waals surface area contributed by atoms with Gasteiger partial charge in [0.25, 0.3) is 5.91 Å². The monoisotopic (exact) mass is 267 g/mol. The zero-order valence-electron chi connectivity index (χ0n) is 9.79. The first-order chi connectivity index (χ1) is 8.65. The summed E-state index contributed by atoms with van der Waals surface area (Å²) in [5.74, 6) is 0.541. The molecule has 5 nitrogen and oxygen atoms in total. The van der Waals surface area contributed by atoms with Crippen molar-refractivity contribution in [2.24, 2.45) is 11.8 Å². The molecule has 1 N–H and O–H groups in total. The normalized spacial score (nSPS) is 30.6. The highest BCUT2D eigenvalue weighted by atomic mass is 35.5. The maximum Gasteiger partial charge on any atom is 0.274 e. The molecular weight excluding hydrogens is 254 g/mol. The summed E-state index contributed by atoms with van der Waals surface area (Å²) in [5, 5.41) is 17.6. The van der Waals surface area contributed by atoms with Gasteiger partial charge < -0.3 is 10.0 Å². The lowest BCUT2D eigenvalue weighted by atomic mass is 10.00. The molecule has 0 radical (unpaired) electrons. The third kappa shape index (κ3) is 1.97. The van der Waals surface area contributed by atoms with Crippen molar-refractivity contribution in [2.75, 3.05) is 13.1 Å². The summed E-state index contributed by atoms with van der Waals surface area (Å²) in [6, 6.07) is 3.15. The van der Waals surface area contributed by atoms with Gasteiger partial charge in [0.1, 0.15) is 0 Å². The van der Waals surface area contributed by atoms with Crippen LogP contribution >= 0.6 is 11.6 Å². The minimum absolute atomic E-state index is 0.124. The van der Waals surface area contributed by atoms with Crippen LogP contribution in [-0.2, 0) is 0 Å². The van der Waals surface area contributed by atoms with Gasteiger partial charge in [0.2, 0.25) is 0 Å². The van der Waals surface area contributed by atoms with Gasteiger partial charge in [0.05, 0.1) is 6.10 Å². The SMILES string of the molecule is O=C(c1ccc(Cl)nn1)N1CC2CCC(O)C2C1. The number of rotatable bonds is 1. The van der Waals surface area contributed by atoms with E-state index in [1.807, 2.05) is 0 Å². The van der Waals surface area contributed by atoms with Crippen LogP contribution in [0.15, 0.2) is 12.1 Å². The van der Waals surface area contributed by atoms with Crippen molar-refractivity contribution >= 4 is 17.5 Å². The number of hydrogen-bond acceptors (Lipinski definition) is 4. The van der Waals surface area contributed by atoms with E-state index in [-0.39, 0.29) is 23.1 Å². The summed E-state index contributed by atoms with van der Waals surface area (Å²) in [5.41, 5.74) is 0.314. The molecule has 1 aromatic rings. The summed E-state index contributed by atoms with van der Waals surface area (Å²) in [4.78, 5) is 14.0. The molecule has 0 bridgehead atoms. The zero-order valence-corrected chi connectivity index (χ0v) is 10.5. The van der Waals surface area contributed by atoms with Gasteiger partial charge in [-0.3, -0.25) is 4.79 Å². The highest BCUT2D eigenvalue weighted by molar-refractivity contribution is 6.29. The van der Waals surface area contributed by atoms with Gasteiger partial charge in [-0.15, -0.1) is 10.2 Å². The minimum Gasteiger partial charge on any atom is -0.393 e. The van der Waals surface area contributed by atoms with Gasteiger partial charge in [-0.2, -0.15) is 0 Å². The number of halogens is 1. The Morgan fingerprint density at radius 3 is 2.83 bits per heavy atom. The van der Waals surface area contributed by atoms with Crippen LogP contribution in [0.25, 0.3) is 0 Å². The number of hydrogen-bond donors (Lipinski definition) is 1. The molecule has 3 unspecified atom stereocenters. The topological polar surface area (TPSA) is 66.3 Å². The highest BCUT2D eigenvalue weighted by Crippen LogP contribution is 2.38. The predicted molar refractivity (Wildman–Crippen MR) is 65.2 cm³/mol. The Hall–Kier alpha value is -1.20. The van der Waals surface area contributed by atoms with Crippen molar-refractivity contribution in [2.45, 2.75) is 18.9 Å². The Morgan fingerprint density at radius 1 is 1.33 bits per heavy atom. The molecule has 0 spiro atoms. The van der Waals surface area contributed by atoms with Crippen molar-refractivity contribution in [3.63, 3.8) is 0 Å². The van der Waals surface area contributed by atoms with Crippen LogP contribution in [0.2, 0.25) is 5.15 Å². The van der Waals surface area contributed by atoms with E-state index < -0.39 is 0 Å². The van der Waals surface area contributed by atoms with E-state index in [2.05, 4.69) is 10.2 Å². The van der Waals surface area contributed by atoms with Crippen LogP contribution in [0.3, 0.4) is 0 Å². The number of amides is 1. The van der Waals surface area contributed by atoms with Crippen molar-refractivity contribution in [1.82, 2.24) is 15.1 Å². The number of likely N-dealkylation sites (tertiary alicyclic amines) is 1. The molecule has 1 saturated heterocycles. The summed E-state index contributed by atoms with van der Waals surface area (Å²) >= 11 is 5.64. The molecule has 0 aromatic carbocycles. The number of carbonyl (C=O) groups excluding carboxylic acids is 1. The fraction of sp³-hybridized carbons (Fsp3) is 0.583. The first-order valence-corrected chi connectivity index (χ1v) is 6.49. The molecule has 96 valence electrons. The molecule has 2 heterocycles. The molecule has 1 saturated carbocycles. The lowest BCUT2D eigenvalue weighted by molar-refractivity contribution is 0.0745.